The fourth-order valence-electron chi connectivity index (χ4n) is 0.823. The van der Waals surface area contributed by atoms with Crippen LogP contribution in [0.15, 0.2) is 0 Å². The van der Waals surface area contributed by atoms with Crippen molar-refractivity contribution in [3.63, 3.8) is 0 Å². The van der Waals surface area contributed by atoms with E-state index < -0.39 is 11.5 Å². The summed E-state index contributed by atoms with van der Waals surface area (Å²) >= 11 is -0.0914. The molecular formula is C8H14F3NO2S. The Morgan fingerprint density at radius 3 is 2.53 bits per heavy atom. The van der Waals surface area contributed by atoms with Gasteiger partial charge in [0.05, 0.1) is 13.2 Å². The molecule has 0 aromatic heterocycles. The number of thioether (sulfide) groups is 1. The van der Waals surface area contributed by atoms with Gasteiger partial charge in [-0.3, -0.25) is 9.69 Å². The Morgan fingerprint density at radius 1 is 1.47 bits per heavy atom. The van der Waals surface area contributed by atoms with E-state index in [4.69, 9.17) is 0 Å². The van der Waals surface area contributed by atoms with E-state index in [0.29, 0.717) is 0 Å². The first-order chi connectivity index (χ1) is 6.85. The maximum atomic E-state index is 11.7. The zero-order valence-corrected chi connectivity index (χ0v) is 9.45. The Kier molecular flexibility index (Phi) is 6.75. The van der Waals surface area contributed by atoms with E-state index in [-0.39, 0.29) is 37.2 Å². The van der Waals surface area contributed by atoms with E-state index in [1.54, 1.807) is 14.0 Å². The number of halogens is 3. The van der Waals surface area contributed by atoms with Gasteiger partial charge in [-0.05, 0) is 25.7 Å². The maximum Gasteiger partial charge on any atom is 0.441 e. The third-order valence-corrected chi connectivity index (χ3v) is 2.16. The second-order valence-corrected chi connectivity index (χ2v) is 4.00. The molecule has 0 saturated carbocycles. The standard InChI is InChI=1S/C8H14F3NO2S/c1-3-14-7(13)6-12(2)4-5-15-8(9,10)11/h3-6H2,1-2H3. The Morgan fingerprint density at radius 2 is 2.07 bits per heavy atom. The van der Waals surface area contributed by atoms with Crippen LogP contribution in [0.1, 0.15) is 6.92 Å². The third-order valence-electron chi connectivity index (χ3n) is 1.44. The fraction of sp³-hybridized carbons (Fsp3) is 0.875. The van der Waals surface area contributed by atoms with Crippen LogP contribution in [0.25, 0.3) is 0 Å². The lowest BCUT2D eigenvalue weighted by Gasteiger charge is -2.15. The molecular weight excluding hydrogens is 231 g/mol. The molecule has 0 heterocycles. The van der Waals surface area contributed by atoms with Crippen LogP contribution in [-0.2, 0) is 9.53 Å². The predicted molar refractivity (Wildman–Crippen MR) is 52.6 cm³/mol. The topological polar surface area (TPSA) is 29.5 Å². The van der Waals surface area contributed by atoms with Crippen molar-refractivity contribution in [2.75, 3.05) is 32.5 Å². The van der Waals surface area contributed by atoms with Crippen LogP contribution in [0.2, 0.25) is 0 Å². The summed E-state index contributed by atoms with van der Waals surface area (Å²) in [6, 6.07) is 0. The minimum Gasteiger partial charge on any atom is -0.465 e. The van der Waals surface area contributed by atoms with Crippen molar-refractivity contribution in [3.8, 4) is 0 Å². The highest BCUT2D eigenvalue weighted by atomic mass is 32.2. The van der Waals surface area contributed by atoms with Gasteiger partial charge in [-0.2, -0.15) is 13.2 Å². The molecule has 0 aliphatic heterocycles. The lowest BCUT2D eigenvalue weighted by molar-refractivity contribution is -0.144. The van der Waals surface area contributed by atoms with Crippen molar-refractivity contribution in [1.82, 2.24) is 4.90 Å². The largest absolute Gasteiger partial charge is 0.465 e. The molecule has 0 spiro atoms. The minimum atomic E-state index is -4.20. The molecule has 0 rings (SSSR count). The number of carbonyl (C=O) groups is 1. The van der Waals surface area contributed by atoms with Crippen LogP contribution in [0, 0.1) is 0 Å². The summed E-state index contributed by atoms with van der Waals surface area (Å²) in [5.74, 6) is -0.503. The van der Waals surface area contributed by atoms with Crippen molar-refractivity contribution < 1.29 is 22.7 Å². The summed E-state index contributed by atoms with van der Waals surface area (Å²) in [7, 11) is 1.58. The van der Waals surface area contributed by atoms with Crippen molar-refractivity contribution in [3.05, 3.63) is 0 Å². The molecule has 0 atom stereocenters. The van der Waals surface area contributed by atoms with Gasteiger partial charge in [0.15, 0.2) is 0 Å². The van der Waals surface area contributed by atoms with Crippen LogP contribution in [0.3, 0.4) is 0 Å². The van der Waals surface area contributed by atoms with Crippen LogP contribution >= 0.6 is 11.8 Å². The summed E-state index contributed by atoms with van der Waals surface area (Å²) in [6.45, 7) is 2.18. The Balaban J connectivity index is 3.57. The van der Waals surface area contributed by atoms with E-state index in [1.165, 1.54) is 4.90 Å². The highest BCUT2D eigenvalue weighted by Gasteiger charge is 2.27. The molecule has 0 fully saturated rings. The third kappa shape index (κ3) is 9.86. The second-order valence-electron chi connectivity index (χ2n) is 2.84. The number of hydrogen-bond acceptors (Lipinski definition) is 4. The van der Waals surface area contributed by atoms with E-state index in [1.807, 2.05) is 0 Å². The molecule has 7 heteroatoms. The van der Waals surface area contributed by atoms with Crippen molar-refractivity contribution in [2.24, 2.45) is 0 Å². The van der Waals surface area contributed by atoms with Crippen LogP contribution in [0.5, 0.6) is 0 Å². The lowest BCUT2D eigenvalue weighted by Crippen LogP contribution is -2.29. The number of ether oxygens (including phenoxy) is 1. The molecule has 0 aliphatic carbocycles. The Labute approximate surface area is 90.9 Å². The number of esters is 1. The van der Waals surface area contributed by atoms with Gasteiger partial charge >= 0.3 is 11.5 Å². The molecule has 0 bridgehead atoms. The normalized spacial score (nSPS) is 11.9. The van der Waals surface area contributed by atoms with Gasteiger partial charge in [-0.15, -0.1) is 0 Å². The number of rotatable bonds is 6. The van der Waals surface area contributed by atoms with E-state index in [9.17, 15) is 18.0 Å². The van der Waals surface area contributed by atoms with Crippen molar-refractivity contribution >= 4 is 17.7 Å². The van der Waals surface area contributed by atoms with Crippen LogP contribution in [-0.4, -0.2) is 48.9 Å². The molecule has 0 aromatic carbocycles. The van der Waals surface area contributed by atoms with Crippen LogP contribution in [0.4, 0.5) is 13.2 Å². The second kappa shape index (κ2) is 6.95. The zero-order chi connectivity index (χ0) is 11.9. The maximum absolute atomic E-state index is 11.7. The lowest BCUT2D eigenvalue weighted by atomic mass is 10.5. The molecule has 15 heavy (non-hydrogen) atoms. The van der Waals surface area contributed by atoms with Crippen molar-refractivity contribution in [1.29, 1.82) is 0 Å². The number of hydrogen-bond donors (Lipinski definition) is 0. The molecule has 3 nitrogen and oxygen atoms in total. The molecule has 0 amide bonds. The first-order valence-corrected chi connectivity index (χ1v) is 5.38. The first kappa shape index (κ1) is 14.6. The number of nitrogens with zero attached hydrogens (tertiary/aromatic N) is 1. The highest BCUT2D eigenvalue weighted by molar-refractivity contribution is 8.00. The van der Waals surface area contributed by atoms with Gasteiger partial charge in [0, 0.05) is 12.3 Å². The number of alkyl halides is 3. The quantitative estimate of drug-likeness (QED) is 0.667. The number of likely N-dealkylation sites (N-methyl/N-ethyl adjacent to an activating group) is 1. The first-order valence-electron chi connectivity index (χ1n) is 4.40. The fourth-order valence-corrected chi connectivity index (χ4v) is 1.46. The summed E-state index contributed by atoms with van der Waals surface area (Å²) in [5, 5.41) is 0. The average molecular weight is 245 g/mol. The molecule has 0 N–H and O–H groups in total. The Bertz CT molecular complexity index is 199. The predicted octanol–water partition coefficient (Wildman–Crippen LogP) is 1.73. The monoisotopic (exact) mass is 245 g/mol. The van der Waals surface area contributed by atoms with E-state index in [2.05, 4.69) is 4.74 Å². The minimum absolute atomic E-state index is 0.0201. The van der Waals surface area contributed by atoms with Gasteiger partial charge in [0.25, 0.3) is 0 Å². The van der Waals surface area contributed by atoms with Gasteiger partial charge in [-0.1, -0.05) is 0 Å². The van der Waals surface area contributed by atoms with Crippen LogP contribution < -0.4 is 0 Å². The van der Waals surface area contributed by atoms with Gasteiger partial charge in [0.1, 0.15) is 0 Å². The van der Waals surface area contributed by atoms with Crippen molar-refractivity contribution in [2.45, 2.75) is 12.4 Å². The van der Waals surface area contributed by atoms with E-state index in [0.717, 1.165) is 0 Å². The average Bonchev–Trinajstić information content (AvgIpc) is 2.01. The molecule has 0 radical (unpaired) electrons. The molecule has 0 aromatic rings. The molecule has 0 aliphatic rings. The summed E-state index contributed by atoms with van der Waals surface area (Å²) in [6.07, 6.45) is 0. The summed E-state index contributed by atoms with van der Waals surface area (Å²) < 4.78 is 39.9. The van der Waals surface area contributed by atoms with Gasteiger partial charge in [0.2, 0.25) is 0 Å². The Hall–Kier alpha value is -0.430. The smallest absolute Gasteiger partial charge is 0.441 e. The molecule has 0 saturated heterocycles. The van der Waals surface area contributed by atoms with Gasteiger partial charge in [-0.25, -0.2) is 0 Å². The summed E-state index contributed by atoms with van der Waals surface area (Å²) in [4.78, 5) is 12.4. The highest BCUT2D eigenvalue weighted by Crippen LogP contribution is 2.29. The van der Waals surface area contributed by atoms with E-state index >= 15 is 0 Å². The molecule has 90 valence electrons. The number of carbonyl (C=O) groups excluding carboxylic acids is 1. The van der Waals surface area contributed by atoms with Gasteiger partial charge < -0.3 is 4.74 Å². The SMILES string of the molecule is CCOC(=O)CN(C)CCSC(F)(F)F. The summed E-state index contributed by atoms with van der Waals surface area (Å²) in [5.41, 5.74) is -4.20. The zero-order valence-electron chi connectivity index (χ0n) is 8.63. The molecule has 0 unspecified atom stereocenters.